The first-order valence-electron chi connectivity index (χ1n) is 12.4. The van der Waals surface area contributed by atoms with Crippen molar-refractivity contribution in [2.45, 2.75) is 110 Å². The number of benzene rings is 1. The van der Waals surface area contributed by atoms with E-state index in [0.717, 1.165) is 18.4 Å². The lowest BCUT2D eigenvalue weighted by molar-refractivity contribution is 0.304. The van der Waals surface area contributed by atoms with Gasteiger partial charge in [0.2, 0.25) is 0 Å². The topological polar surface area (TPSA) is 52.3 Å². The third-order valence-electron chi connectivity index (χ3n) is 5.75. The predicted molar refractivity (Wildman–Crippen MR) is 130 cm³/mol. The molecule has 31 heavy (non-hydrogen) atoms. The van der Waals surface area contributed by atoms with E-state index in [1.807, 2.05) is 25.1 Å². The fraction of sp³-hybridized carbons (Fsp3) is 0.630. The Bertz CT molecular complexity index is 825. The molecule has 4 heteroatoms. The van der Waals surface area contributed by atoms with Gasteiger partial charge in [0.1, 0.15) is 0 Å². The summed E-state index contributed by atoms with van der Waals surface area (Å²) < 4.78 is 10.5. The average molecular weight is 428 g/mol. The van der Waals surface area contributed by atoms with Gasteiger partial charge in [0.25, 0.3) is 0 Å². The van der Waals surface area contributed by atoms with E-state index < -0.39 is 5.63 Å². The summed E-state index contributed by atoms with van der Waals surface area (Å²) in [5.41, 5.74) is 1.18. The van der Waals surface area contributed by atoms with Crippen molar-refractivity contribution in [3.63, 3.8) is 0 Å². The van der Waals surface area contributed by atoms with Crippen LogP contribution in [-0.4, -0.2) is 4.98 Å². The molecular formula is C27H41NO3. The Morgan fingerprint density at radius 3 is 2.06 bits per heavy atom. The van der Waals surface area contributed by atoms with Crippen LogP contribution >= 0.6 is 0 Å². The molecular weight excluding hydrogens is 386 g/mol. The van der Waals surface area contributed by atoms with Crippen LogP contribution in [0, 0.1) is 6.92 Å². The van der Waals surface area contributed by atoms with Gasteiger partial charge in [-0.05, 0) is 38.0 Å². The Hall–Kier alpha value is -2.10. The van der Waals surface area contributed by atoms with Crippen LogP contribution in [-0.2, 0) is 0 Å². The molecule has 0 radical (unpaired) electrons. The van der Waals surface area contributed by atoms with Crippen LogP contribution in [0.15, 0.2) is 39.7 Å². The van der Waals surface area contributed by atoms with Gasteiger partial charge in [-0.2, -0.15) is 4.98 Å². The van der Waals surface area contributed by atoms with Crippen LogP contribution in [0.25, 0.3) is 10.9 Å². The van der Waals surface area contributed by atoms with Crippen LogP contribution in [0.5, 0.6) is 6.08 Å². The summed E-state index contributed by atoms with van der Waals surface area (Å²) in [6.07, 6.45) is 23.6. The summed E-state index contributed by atoms with van der Waals surface area (Å²) in [6, 6.07) is 5.51. The fourth-order valence-corrected chi connectivity index (χ4v) is 3.85. The van der Waals surface area contributed by atoms with Gasteiger partial charge in [-0.1, -0.05) is 102 Å². The van der Waals surface area contributed by atoms with E-state index in [9.17, 15) is 4.79 Å². The van der Waals surface area contributed by atoms with Gasteiger partial charge in [-0.3, -0.25) is 0 Å². The number of rotatable bonds is 17. The van der Waals surface area contributed by atoms with E-state index in [0.29, 0.717) is 10.9 Å². The summed E-state index contributed by atoms with van der Waals surface area (Å²) in [7, 11) is 0. The van der Waals surface area contributed by atoms with Crippen LogP contribution < -0.4 is 10.4 Å². The van der Waals surface area contributed by atoms with Gasteiger partial charge in [-0.15, -0.1) is 0 Å². The lowest BCUT2D eigenvalue weighted by Crippen LogP contribution is -2.03. The third kappa shape index (κ3) is 10.7. The molecule has 2 rings (SSSR count). The van der Waals surface area contributed by atoms with Crippen molar-refractivity contribution in [2.75, 3.05) is 0 Å². The minimum atomic E-state index is -0.413. The minimum Gasteiger partial charge on any atom is -0.419 e. The molecule has 0 aliphatic rings. The zero-order chi connectivity index (χ0) is 22.2. The lowest BCUT2D eigenvalue weighted by atomic mass is 10.0. The smallest absolute Gasteiger partial charge is 0.402 e. The number of aromatic nitrogens is 1. The minimum absolute atomic E-state index is 0.00133. The molecule has 0 N–H and O–H groups in total. The first kappa shape index (κ1) is 25.2. The van der Waals surface area contributed by atoms with Crippen molar-refractivity contribution in [1.82, 2.24) is 4.98 Å². The van der Waals surface area contributed by atoms with Crippen molar-refractivity contribution in [1.29, 1.82) is 0 Å². The summed E-state index contributed by atoms with van der Waals surface area (Å²) in [5, 5.41) is 0.485. The second-order valence-corrected chi connectivity index (χ2v) is 8.66. The highest BCUT2D eigenvalue weighted by molar-refractivity contribution is 5.77. The molecule has 0 fully saturated rings. The van der Waals surface area contributed by atoms with Gasteiger partial charge < -0.3 is 9.15 Å². The first-order chi connectivity index (χ1) is 15.2. The predicted octanol–water partition coefficient (Wildman–Crippen LogP) is 8.26. The summed E-state index contributed by atoms with van der Waals surface area (Å²) in [6.45, 7) is 4.21. The van der Waals surface area contributed by atoms with Crippen LogP contribution in [0.3, 0.4) is 0 Å². The molecule has 4 nitrogen and oxygen atoms in total. The average Bonchev–Trinajstić information content (AvgIpc) is 2.76. The third-order valence-corrected chi connectivity index (χ3v) is 5.75. The molecule has 1 aromatic carbocycles. The van der Waals surface area contributed by atoms with Crippen molar-refractivity contribution in [3.8, 4) is 6.08 Å². The van der Waals surface area contributed by atoms with Gasteiger partial charge in [0.15, 0.2) is 0 Å². The summed E-state index contributed by atoms with van der Waals surface area (Å²) >= 11 is 0. The molecule has 2 aromatic rings. The zero-order valence-electron chi connectivity index (χ0n) is 19.7. The Labute approximate surface area is 188 Å². The maximum Gasteiger partial charge on any atom is 0.402 e. The molecule has 1 heterocycles. The van der Waals surface area contributed by atoms with Gasteiger partial charge in [0, 0.05) is 0 Å². The number of ether oxygens (including phenoxy) is 1. The van der Waals surface area contributed by atoms with E-state index in [1.165, 1.54) is 83.5 Å². The molecule has 0 amide bonds. The zero-order valence-corrected chi connectivity index (χ0v) is 19.7. The summed E-state index contributed by atoms with van der Waals surface area (Å²) in [4.78, 5) is 16.3. The number of unbranched alkanes of at least 4 members (excludes halogenated alkanes) is 14. The van der Waals surface area contributed by atoms with Gasteiger partial charge in [-0.25, -0.2) is 4.79 Å². The van der Waals surface area contributed by atoms with Gasteiger partial charge >= 0.3 is 11.7 Å². The highest BCUT2D eigenvalue weighted by Crippen LogP contribution is 2.15. The molecule has 0 aliphatic heterocycles. The molecule has 0 bridgehead atoms. The van der Waals surface area contributed by atoms with Gasteiger partial charge in [0.05, 0.1) is 17.2 Å². The highest BCUT2D eigenvalue weighted by Gasteiger charge is 2.06. The normalized spacial score (nSPS) is 11.5. The van der Waals surface area contributed by atoms with Crippen molar-refractivity contribution < 1.29 is 9.15 Å². The molecule has 0 unspecified atom stereocenters. The fourth-order valence-electron chi connectivity index (χ4n) is 3.85. The highest BCUT2D eigenvalue weighted by atomic mass is 16.6. The number of aryl methyl sites for hydroxylation is 1. The molecule has 0 atom stereocenters. The van der Waals surface area contributed by atoms with Crippen molar-refractivity contribution in [3.05, 3.63) is 46.5 Å². The van der Waals surface area contributed by atoms with Crippen molar-refractivity contribution in [2.24, 2.45) is 0 Å². The number of fused-ring (bicyclic) bond motifs is 1. The Balaban J connectivity index is 1.45. The summed E-state index contributed by atoms with van der Waals surface area (Å²) in [5.74, 6) is 0. The van der Waals surface area contributed by atoms with Crippen LogP contribution in [0.4, 0.5) is 0 Å². The van der Waals surface area contributed by atoms with E-state index in [1.54, 1.807) is 12.3 Å². The SMILES string of the molecule is CCCCCCCCCCCCCCCCC=COc1nc2ccc(C)cc2c(=O)o1. The van der Waals surface area contributed by atoms with Crippen LogP contribution in [0.1, 0.15) is 109 Å². The second kappa shape index (κ2) is 15.7. The maximum atomic E-state index is 12.0. The second-order valence-electron chi connectivity index (χ2n) is 8.66. The van der Waals surface area contributed by atoms with Crippen LogP contribution in [0.2, 0.25) is 0 Å². The molecule has 0 saturated heterocycles. The largest absolute Gasteiger partial charge is 0.419 e. The Kier molecular flexibility index (Phi) is 12.7. The molecule has 172 valence electrons. The quantitative estimate of drug-likeness (QED) is 0.188. The maximum absolute atomic E-state index is 12.0. The Morgan fingerprint density at radius 1 is 0.871 bits per heavy atom. The van der Waals surface area contributed by atoms with E-state index in [2.05, 4.69) is 11.9 Å². The number of allylic oxidation sites excluding steroid dienone is 1. The first-order valence-corrected chi connectivity index (χ1v) is 12.4. The van der Waals surface area contributed by atoms with E-state index in [4.69, 9.17) is 9.15 Å². The lowest BCUT2D eigenvalue weighted by Gasteiger charge is -2.03. The number of hydrogen-bond acceptors (Lipinski definition) is 4. The number of hydrogen-bond donors (Lipinski definition) is 0. The molecule has 0 spiro atoms. The molecule has 1 aromatic heterocycles. The monoisotopic (exact) mass is 427 g/mol. The van der Waals surface area contributed by atoms with Crippen molar-refractivity contribution >= 4 is 10.9 Å². The molecule has 0 aliphatic carbocycles. The van der Waals surface area contributed by atoms with E-state index in [-0.39, 0.29) is 6.08 Å². The standard InChI is InChI=1S/C27H41NO3/c1-3-4-5-6-7-8-9-10-11-12-13-14-15-16-17-18-21-30-27-28-25-20-19-23(2)22-24(25)26(29)31-27/h18-22H,3-17H2,1-2H3. The van der Waals surface area contributed by atoms with E-state index >= 15 is 0 Å². The molecule has 0 saturated carbocycles. The Morgan fingerprint density at radius 2 is 1.45 bits per heavy atom. The number of nitrogens with zero attached hydrogens (tertiary/aromatic N) is 1.